The molecule has 0 aliphatic heterocycles. The van der Waals surface area contributed by atoms with Crippen LogP contribution in [0.5, 0.6) is 5.75 Å². The van der Waals surface area contributed by atoms with Gasteiger partial charge in [0.05, 0.1) is 0 Å². The van der Waals surface area contributed by atoms with Crippen molar-refractivity contribution in [1.29, 1.82) is 0 Å². The first-order chi connectivity index (χ1) is 8.19. The van der Waals surface area contributed by atoms with E-state index >= 15 is 0 Å². The Morgan fingerprint density at radius 1 is 1.39 bits per heavy atom. The maximum Gasteiger partial charge on any atom is 0.261 e. The molecule has 0 fully saturated rings. The molecule has 0 aliphatic rings. The normalized spacial score (nSPS) is 13.0. The van der Waals surface area contributed by atoms with Crippen LogP contribution >= 0.6 is 0 Å². The van der Waals surface area contributed by atoms with Gasteiger partial charge >= 0.3 is 0 Å². The van der Waals surface area contributed by atoms with E-state index in [9.17, 15) is 9.18 Å². The second-order valence-electron chi connectivity index (χ2n) is 5.41. The highest BCUT2D eigenvalue weighted by atomic mass is 19.1. The second kappa shape index (κ2) is 5.38. The van der Waals surface area contributed by atoms with Crippen LogP contribution in [0.3, 0.4) is 0 Å². The van der Waals surface area contributed by atoms with Gasteiger partial charge in [-0.15, -0.1) is 0 Å². The number of aryl methyl sites for hydroxylation is 1. The van der Waals surface area contributed by atoms with Crippen LogP contribution in [0.25, 0.3) is 0 Å². The summed E-state index contributed by atoms with van der Waals surface area (Å²) in [5.74, 6) is 0.0177. The molecule has 0 saturated carbocycles. The lowest BCUT2D eigenvalue weighted by molar-refractivity contribution is -0.128. The number of amides is 1. The molecular weight excluding hydrogens is 233 g/mol. The third-order valence-electron chi connectivity index (χ3n) is 2.31. The van der Waals surface area contributed by atoms with Gasteiger partial charge in [-0.05, 0) is 58.4 Å². The van der Waals surface area contributed by atoms with Crippen molar-refractivity contribution in [3.63, 3.8) is 0 Å². The van der Waals surface area contributed by atoms with Gasteiger partial charge in [-0.2, -0.15) is 0 Å². The Balaban J connectivity index is 2.66. The molecule has 1 aromatic carbocycles. The van der Waals surface area contributed by atoms with Crippen molar-refractivity contribution in [2.45, 2.75) is 46.3 Å². The fourth-order valence-corrected chi connectivity index (χ4v) is 1.42. The average Bonchev–Trinajstić information content (AvgIpc) is 2.21. The molecule has 100 valence electrons. The predicted octanol–water partition coefficient (Wildman–Crippen LogP) is 2.82. The molecule has 1 atom stereocenters. The van der Waals surface area contributed by atoms with Gasteiger partial charge in [-0.1, -0.05) is 0 Å². The van der Waals surface area contributed by atoms with Gasteiger partial charge in [0.2, 0.25) is 0 Å². The molecule has 0 saturated heterocycles. The van der Waals surface area contributed by atoms with Crippen molar-refractivity contribution >= 4 is 5.91 Å². The average molecular weight is 253 g/mol. The number of halogens is 1. The molecule has 1 rings (SSSR count). The third-order valence-corrected chi connectivity index (χ3v) is 2.31. The zero-order valence-corrected chi connectivity index (χ0v) is 11.5. The number of rotatable bonds is 3. The Bertz CT molecular complexity index is 438. The minimum absolute atomic E-state index is 0.190. The molecule has 1 amide bonds. The molecule has 4 heteroatoms. The van der Waals surface area contributed by atoms with E-state index in [-0.39, 0.29) is 17.3 Å². The summed E-state index contributed by atoms with van der Waals surface area (Å²) in [6.07, 6.45) is -0.617. The first-order valence-corrected chi connectivity index (χ1v) is 5.94. The molecular formula is C14H20FNO2. The topological polar surface area (TPSA) is 38.3 Å². The highest BCUT2D eigenvalue weighted by Crippen LogP contribution is 2.17. The van der Waals surface area contributed by atoms with Gasteiger partial charge < -0.3 is 10.1 Å². The Hall–Kier alpha value is -1.58. The maximum absolute atomic E-state index is 13.1. The SMILES string of the molecule is Cc1cc(OC(C)C(=O)NC(C)(C)C)ccc1F. The van der Waals surface area contributed by atoms with Crippen LogP contribution in [0.1, 0.15) is 33.3 Å². The van der Waals surface area contributed by atoms with E-state index in [2.05, 4.69) is 5.32 Å². The predicted molar refractivity (Wildman–Crippen MR) is 69.1 cm³/mol. The van der Waals surface area contributed by atoms with Crippen molar-refractivity contribution < 1.29 is 13.9 Å². The smallest absolute Gasteiger partial charge is 0.261 e. The number of nitrogens with one attached hydrogen (secondary N) is 1. The molecule has 1 aromatic rings. The Morgan fingerprint density at radius 3 is 2.50 bits per heavy atom. The van der Waals surface area contributed by atoms with Crippen LogP contribution in [-0.4, -0.2) is 17.6 Å². The van der Waals surface area contributed by atoms with Crippen molar-refractivity contribution in [1.82, 2.24) is 5.32 Å². The molecule has 0 bridgehead atoms. The number of carbonyl (C=O) groups is 1. The molecule has 1 unspecified atom stereocenters. The van der Waals surface area contributed by atoms with E-state index in [0.29, 0.717) is 11.3 Å². The Labute approximate surface area is 107 Å². The van der Waals surface area contributed by atoms with Crippen LogP contribution in [0.2, 0.25) is 0 Å². The minimum atomic E-state index is -0.617. The van der Waals surface area contributed by atoms with Gasteiger partial charge in [0, 0.05) is 5.54 Å². The van der Waals surface area contributed by atoms with E-state index in [4.69, 9.17) is 4.74 Å². The Kier molecular flexibility index (Phi) is 4.33. The van der Waals surface area contributed by atoms with E-state index in [1.54, 1.807) is 19.9 Å². The van der Waals surface area contributed by atoms with E-state index in [1.165, 1.54) is 12.1 Å². The van der Waals surface area contributed by atoms with Crippen LogP contribution in [-0.2, 0) is 4.79 Å². The highest BCUT2D eigenvalue weighted by Gasteiger charge is 2.20. The second-order valence-corrected chi connectivity index (χ2v) is 5.41. The van der Waals surface area contributed by atoms with E-state index in [0.717, 1.165) is 0 Å². The maximum atomic E-state index is 13.1. The summed E-state index contributed by atoms with van der Waals surface area (Å²) in [7, 11) is 0. The van der Waals surface area contributed by atoms with Crippen molar-refractivity contribution in [3.8, 4) is 5.75 Å². The van der Waals surface area contributed by atoms with Gasteiger partial charge in [-0.25, -0.2) is 4.39 Å². The lowest BCUT2D eigenvalue weighted by Gasteiger charge is -2.23. The summed E-state index contributed by atoms with van der Waals surface area (Å²) >= 11 is 0. The summed E-state index contributed by atoms with van der Waals surface area (Å²) in [5.41, 5.74) is 0.198. The lowest BCUT2D eigenvalue weighted by Crippen LogP contribution is -2.46. The van der Waals surface area contributed by atoms with Crippen LogP contribution < -0.4 is 10.1 Å². The van der Waals surface area contributed by atoms with Crippen LogP contribution in [0.15, 0.2) is 18.2 Å². The summed E-state index contributed by atoms with van der Waals surface area (Å²) < 4.78 is 18.6. The summed E-state index contributed by atoms with van der Waals surface area (Å²) in [6.45, 7) is 9.03. The largest absolute Gasteiger partial charge is 0.481 e. The van der Waals surface area contributed by atoms with Crippen LogP contribution in [0.4, 0.5) is 4.39 Å². The van der Waals surface area contributed by atoms with Crippen molar-refractivity contribution in [3.05, 3.63) is 29.6 Å². The summed E-state index contributed by atoms with van der Waals surface area (Å²) in [5, 5.41) is 2.83. The molecule has 0 radical (unpaired) electrons. The third kappa shape index (κ3) is 4.35. The van der Waals surface area contributed by atoms with Gasteiger partial charge in [0.15, 0.2) is 6.10 Å². The zero-order valence-electron chi connectivity index (χ0n) is 11.5. The molecule has 0 spiro atoms. The Morgan fingerprint density at radius 2 is 2.00 bits per heavy atom. The number of benzene rings is 1. The molecule has 0 aliphatic carbocycles. The summed E-state index contributed by atoms with van der Waals surface area (Å²) in [4.78, 5) is 11.8. The highest BCUT2D eigenvalue weighted by molar-refractivity contribution is 5.81. The number of carbonyl (C=O) groups excluding carboxylic acids is 1. The molecule has 0 heterocycles. The van der Waals surface area contributed by atoms with Gasteiger partial charge in [0.1, 0.15) is 11.6 Å². The van der Waals surface area contributed by atoms with Gasteiger partial charge in [-0.3, -0.25) is 4.79 Å². The quantitative estimate of drug-likeness (QED) is 0.899. The van der Waals surface area contributed by atoms with Crippen molar-refractivity contribution in [2.24, 2.45) is 0 Å². The molecule has 18 heavy (non-hydrogen) atoms. The van der Waals surface area contributed by atoms with Crippen molar-refractivity contribution in [2.75, 3.05) is 0 Å². The molecule has 0 aromatic heterocycles. The fourth-order valence-electron chi connectivity index (χ4n) is 1.42. The lowest BCUT2D eigenvalue weighted by atomic mass is 10.1. The van der Waals surface area contributed by atoms with Gasteiger partial charge in [0.25, 0.3) is 5.91 Å². The first kappa shape index (κ1) is 14.5. The number of ether oxygens (including phenoxy) is 1. The fraction of sp³-hybridized carbons (Fsp3) is 0.500. The molecule has 1 N–H and O–H groups in total. The monoisotopic (exact) mass is 253 g/mol. The number of hydrogen-bond acceptors (Lipinski definition) is 2. The standard InChI is InChI=1S/C14H20FNO2/c1-9-8-11(6-7-12(9)15)18-10(2)13(17)16-14(3,4)5/h6-8,10H,1-5H3,(H,16,17). The summed E-state index contributed by atoms with van der Waals surface area (Å²) in [6, 6.07) is 4.43. The van der Waals surface area contributed by atoms with E-state index < -0.39 is 6.10 Å². The van der Waals surface area contributed by atoms with E-state index in [1.807, 2.05) is 20.8 Å². The van der Waals surface area contributed by atoms with Crippen LogP contribution in [0, 0.1) is 12.7 Å². The first-order valence-electron chi connectivity index (χ1n) is 5.94. The minimum Gasteiger partial charge on any atom is -0.481 e. The zero-order chi connectivity index (χ0) is 13.9. The number of hydrogen-bond donors (Lipinski definition) is 1. The molecule has 3 nitrogen and oxygen atoms in total.